The molecule has 0 saturated carbocycles. The highest BCUT2D eigenvalue weighted by atomic mass is 32.3. The second-order valence-corrected chi connectivity index (χ2v) is 16.8. The average molecular weight is 812 g/mol. The molecule has 55 heavy (non-hydrogen) atoms. The SMILES string of the molecule is CCCCCCCCCCCCCCCCCCCCCC(O)C(=O)NC(COC1OC(CO)C(O)C(OS(=O)(=O)O)C1O)C(O)CCCCCCCCC. The first kappa shape index (κ1) is 52.1. The molecule has 1 rings (SSSR count). The molecular formula is C41H81NO12S. The molecule has 1 amide bonds. The predicted octanol–water partition coefficient (Wildman–Crippen LogP) is 6.80. The number of ether oxygens (including phenoxy) is 2. The van der Waals surface area contributed by atoms with E-state index in [4.69, 9.17) is 14.0 Å². The molecule has 0 spiro atoms. The van der Waals surface area contributed by atoms with Crippen molar-refractivity contribution < 1.29 is 57.0 Å². The van der Waals surface area contributed by atoms with Crippen LogP contribution in [0.5, 0.6) is 0 Å². The molecule has 14 heteroatoms. The van der Waals surface area contributed by atoms with Crippen LogP contribution in [0.2, 0.25) is 0 Å². The Hall–Kier alpha value is -0.940. The maximum absolute atomic E-state index is 13.0. The predicted molar refractivity (Wildman–Crippen MR) is 215 cm³/mol. The van der Waals surface area contributed by atoms with Gasteiger partial charge in [-0.2, -0.15) is 8.42 Å². The minimum atomic E-state index is -5.10. The highest BCUT2D eigenvalue weighted by molar-refractivity contribution is 7.80. The Morgan fingerprint density at radius 1 is 0.655 bits per heavy atom. The molecule has 0 aromatic heterocycles. The lowest BCUT2D eigenvalue weighted by Crippen LogP contribution is -2.61. The fourth-order valence-electron chi connectivity index (χ4n) is 7.23. The van der Waals surface area contributed by atoms with Crippen molar-refractivity contribution in [2.45, 2.75) is 243 Å². The van der Waals surface area contributed by atoms with Gasteiger partial charge in [0.1, 0.15) is 30.5 Å². The molecule has 0 aromatic rings. The monoisotopic (exact) mass is 812 g/mol. The van der Waals surface area contributed by atoms with Crippen molar-refractivity contribution in [2.75, 3.05) is 13.2 Å². The summed E-state index contributed by atoms with van der Waals surface area (Å²) in [5.74, 6) is -0.670. The maximum Gasteiger partial charge on any atom is 0.397 e. The van der Waals surface area contributed by atoms with E-state index in [-0.39, 0.29) is 6.42 Å². The first-order valence-electron chi connectivity index (χ1n) is 22.0. The number of unbranched alkanes of at least 4 members (excludes halogenated alkanes) is 24. The van der Waals surface area contributed by atoms with Crippen molar-refractivity contribution in [2.24, 2.45) is 0 Å². The molecule has 0 aromatic carbocycles. The van der Waals surface area contributed by atoms with E-state index < -0.39 is 78.5 Å². The molecule has 1 heterocycles. The Balaban J connectivity index is 2.45. The number of hydrogen-bond acceptors (Lipinski definition) is 11. The van der Waals surface area contributed by atoms with Crippen molar-refractivity contribution in [3.05, 3.63) is 0 Å². The number of carbonyl (C=O) groups is 1. The normalized spacial score (nSPS) is 22.1. The van der Waals surface area contributed by atoms with E-state index in [1.807, 2.05) is 0 Å². The van der Waals surface area contributed by atoms with E-state index in [0.29, 0.717) is 19.3 Å². The van der Waals surface area contributed by atoms with Crippen LogP contribution in [0.15, 0.2) is 0 Å². The minimum Gasteiger partial charge on any atom is -0.394 e. The lowest BCUT2D eigenvalue weighted by atomic mass is 9.99. The topological polar surface area (TPSA) is 212 Å². The van der Waals surface area contributed by atoms with Crippen LogP contribution in [0.1, 0.15) is 194 Å². The molecule has 1 aliphatic rings. The lowest BCUT2D eigenvalue weighted by Gasteiger charge is -2.41. The number of aliphatic hydroxyl groups is 5. The summed E-state index contributed by atoms with van der Waals surface area (Å²) in [5, 5.41) is 55.0. The van der Waals surface area contributed by atoms with Gasteiger partial charge in [-0.3, -0.25) is 9.35 Å². The lowest BCUT2D eigenvalue weighted by molar-refractivity contribution is -0.298. The second kappa shape index (κ2) is 33.0. The van der Waals surface area contributed by atoms with E-state index in [9.17, 15) is 38.7 Å². The molecule has 8 atom stereocenters. The number of aliphatic hydroxyl groups excluding tert-OH is 5. The first-order chi connectivity index (χ1) is 26.4. The number of carbonyl (C=O) groups excluding carboxylic acids is 1. The molecule has 0 bridgehead atoms. The van der Waals surface area contributed by atoms with E-state index in [1.165, 1.54) is 103 Å². The Bertz CT molecular complexity index is 1020. The largest absolute Gasteiger partial charge is 0.397 e. The van der Waals surface area contributed by atoms with Crippen LogP contribution in [0, 0.1) is 0 Å². The van der Waals surface area contributed by atoms with Gasteiger partial charge in [-0.25, -0.2) is 4.18 Å². The highest BCUT2D eigenvalue weighted by Gasteiger charge is 2.48. The van der Waals surface area contributed by atoms with Gasteiger partial charge in [0.05, 0.1) is 25.4 Å². The third-order valence-electron chi connectivity index (χ3n) is 10.8. The third-order valence-corrected chi connectivity index (χ3v) is 11.2. The van der Waals surface area contributed by atoms with Gasteiger partial charge in [0.25, 0.3) is 0 Å². The smallest absolute Gasteiger partial charge is 0.394 e. The van der Waals surface area contributed by atoms with E-state index in [2.05, 4.69) is 23.3 Å². The zero-order valence-electron chi connectivity index (χ0n) is 34.4. The van der Waals surface area contributed by atoms with Gasteiger partial charge in [-0.15, -0.1) is 0 Å². The summed E-state index contributed by atoms with van der Waals surface area (Å²) < 4.78 is 47.3. The maximum atomic E-state index is 13.0. The summed E-state index contributed by atoms with van der Waals surface area (Å²) >= 11 is 0. The fourth-order valence-corrected chi connectivity index (χ4v) is 7.74. The summed E-state index contributed by atoms with van der Waals surface area (Å²) in [4.78, 5) is 13.0. The number of hydrogen-bond donors (Lipinski definition) is 7. The summed E-state index contributed by atoms with van der Waals surface area (Å²) in [7, 11) is -5.10. The summed E-state index contributed by atoms with van der Waals surface area (Å²) in [6.07, 6.45) is 20.5. The summed E-state index contributed by atoms with van der Waals surface area (Å²) in [6, 6.07) is -1.02. The van der Waals surface area contributed by atoms with Gasteiger partial charge in [-0.1, -0.05) is 181 Å². The van der Waals surface area contributed by atoms with Crippen LogP contribution in [-0.4, -0.2) is 107 Å². The van der Waals surface area contributed by atoms with Crippen LogP contribution in [0.4, 0.5) is 0 Å². The molecular weight excluding hydrogens is 731 g/mol. The number of amides is 1. The zero-order valence-corrected chi connectivity index (χ0v) is 35.2. The van der Waals surface area contributed by atoms with Crippen LogP contribution >= 0.6 is 0 Å². The fraction of sp³-hybridized carbons (Fsp3) is 0.976. The molecule has 328 valence electrons. The van der Waals surface area contributed by atoms with Gasteiger partial charge in [-0.05, 0) is 12.8 Å². The van der Waals surface area contributed by atoms with Crippen molar-refractivity contribution in [1.82, 2.24) is 5.32 Å². The first-order valence-corrected chi connectivity index (χ1v) is 23.4. The summed E-state index contributed by atoms with van der Waals surface area (Å²) in [5.41, 5.74) is 0. The Morgan fingerprint density at radius 2 is 1.05 bits per heavy atom. The van der Waals surface area contributed by atoms with Gasteiger partial charge in [0, 0.05) is 0 Å². The highest BCUT2D eigenvalue weighted by Crippen LogP contribution is 2.26. The van der Waals surface area contributed by atoms with Crippen molar-refractivity contribution in [3.63, 3.8) is 0 Å². The standard InChI is InChI=1S/C41H81NO12S/c1-3-5-7-9-11-12-13-14-15-16-17-18-19-20-21-22-24-26-28-30-35(45)40(48)42-33(34(44)29-27-25-23-10-8-6-4-2)32-52-41-38(47)39(54-55(49,50)51)37(46)36(31-43)53-41/h33-39,41,43-47H,3-32H2,1-2H3,(H,42,48)(H,49,50,51). The van der Waals surface area contributed by atoms with Crippen LogP contribution in [0.25, 0.3) is 0 Å². The number of rotatable bonds is 37. The molecule has 1 aliphatic heterocycles. The Labute approximate surface area is 333 Å². The molecule has 7 N–H and O–H groups in total. The second-order valence-electron chi connectivity index (χ2n) is 15.8. The Morgan fingerprint density at radius 3 is 1.45 bits per heavy atom. The van der Waals surface area contributed by atoms with E-state index >= 15 is 0 Å². The molecule has 1 saturated heterocycles. The molecule has 0 radical (unpaired) electrons. The summed E-state index contributed by atoms with van der Waals surface area (Å²) in [6.45, 7) is 3.21. The third kappa shape index (κ3) is 25.9. The van der Waals surface area contributed by atoms with Crippen molar-refractivity contribution >= 4 is 16.3 Å². The van der Waals surface area contributed by atoms with Crippen molar-refractivity contribution in [3.8, 4) is 0 Å². The zero-order chi connectivity index (χ0) is 40.7. The van der Waals surface area contributed by atoms with Gasteiger partial charge in [0.2, 0.25) is 5.91 Å². The molecule has 0 aliphatic carbocycles. The van der Waals surface area contributed by atoms with Crippen molar-refractivity contribution in [1.29, 1.82) is 0 Å². The molecule has 1 fully saturated rings. The van der Waals surface area contributed by atoms with Crippen LogP contribution in [-0.2, 0) is 28.9 Å². The number of nitrogens with one attached hydrogen (secondary N) is 1. The van der Waals surface area contributed by atoms with Gasteiger partial charge >= 0.3 is 10.4 Å². The van der Waals surface area contributed by atoms with Crippen LogP contribution in [0.3, 0.4) is 0 Å². The Kier molecular flexibility index (Phi) is 31.2. The quantitative estimate of drug-likeness (QED) is 0.0255. The van der Waals surface area contributed by atoms with Crippen LogP contribution < -0.4 is 5.32 Å². The minimum absolute atomic E-state index is 0.265. The van der Waals surface area contributed by atoms with E-state index in [0.717, 1.165) is 51.4 Å². The van der Waals surface area contributed by atoms with Gasteiger partial charge < -0.3 is 40.3 Å². The van der Waals surface area contributed by atoms with Gasteiger partial charge in [0.15, 0.2) is 6.29 Å². The average Bonchev–Trinajstić information content (AvgIpc) is 3.15. The molecule has 13 nitrogen and oxygen atoms in total. The molecule has 8 unspecified atom stereocenters. The van der Waals surface area contributed by atoms with E-state index in [1.54, 1.807) is 0 Å².